The largest absolute Gasteiger partial charge is 0.461 e. The topological polar surface area (TPSA) is 157 Å². The number of aliphatic hydroxyl groups is 1. The van der Waals surface area contributed by atoms with E-state index in [1.54, 1.807) is 12.1 Å². The van der Waals surface area contributed by atoms with Gasteiger partial charge >= 0.3 is 5.97 Å². The summed E-state index contributed by atoms with van der Waals surface area (Å²) in [7, 11) is 0. The second kappa shape index (κ2) is 17.6. The molecule has 52 heavy (non-hydrogen) atoms. The number of hydrogen-bond acceptors (Lipinski definition) is 9. The molecule has 8 atom stereocenters. The van der Waals surface area contributed by atoms with Crippen LogP contribution in [0, 0.1) is 34.0 Å². The molecule has 0 heterocycles. The molecule has 2 bridgehead atoms. The number of Topliss-reactive ketones (excluding diaryl/α,β-unsaturated/α-hetero) is 1. The summed E-state index contributed by atoms with van der Waals surface area (Å²) in [4.78, 5) is 40.7. The van der Waals surface area contributed by atoms with Crippen molar-refractivity contribution in [3.05, 3.63) is 65.2 Å². The number of thioether (sulfide) groups is 1. The Hall–Kier alpha value is -2.76. The minimum absolute atomic E-state index is 0.0488. The van der Waals surface area contributed by atoms with E-state index in [1.165, 1.54) is 11.8 Å². The molecule has 3 fully saturated rings. The second-order valence-electron chi connectivity index (χ2n) is 16.5. The molecular weight excluding hydrogens is 673 g/mol. The molecule has 0 aromatic heterocycles. The lowest BCUT2D eigenvalue weighted by molar-refractivity contribution is -0.199. The molecule has 0 saturated heterocycles. The summed E-state index contributed by atoms with van der Waals surface area (Å²) < 4.78 is 6.51. The van der Waals surface area contributed by atoms with Gasteiger partial charge in [-0.25, -0.2) is 0 Å². The number of rotatable bonds is 16. The third-order valence-corrected chi connectivity index (χ3v) is 14.1. The molecule has 0 unspecified atom stereocenters. The maximum atomic E-state index is 13.7. The molecule has 2 aromatic rings. The van der Waals surface area contributed by atoms with E-state index in [2.05, 4.69) is 38.3 Å². The third-order valence-electron chi connectivity index (χ3n) is 13.1. The van der Waals surface area contributed by atoms with Gasteiger partial charge < -0.3 is 31.9 Å². The van der Waals surface area contributed by atoms with Crippen LogP contribution in [0.3, 0.4) is 0 Å². The van der Waals surface area contributed by atoms with Crippen LogP contribution in [0.4, 0.5) is 0 Å². The Morgan fingerprint density at radius 1 is 0.981 bits per heavy atom. The quantitative estimate of drug-likeness (QED) is 0.0794. The Morgan fingerprint density at radius 3 is 2.37 bits per heavy atom. The summed E-state index contributed by atoms with van der Waals surface area (Å²) in [6, 6.07) is 15.1. The van der Waals surface area contributed by atoms with Crippen molar-refractivity contribution in [1.29, 1.82) is 0 Å². The maximum absolute atomic E-state index is 13.7. The van der Waals surface area contributed by atoms with E-state index < -0.39 is 17.6 Å². The zero-order valence-corrected chi connectivity index (χ0v) is 32.6. The van der Waals surface area contributed by atoms with Crippen molar-refractivity contribution in [2.24, 2.45) is 45.5 Å². The fraction of sp³-hybridized carbons (Fsp3) is 0.643. The van der Waals surface area contributed by atoms with E-state index in [-0.39, 0.29) is 46.2 Å². The monoisotopic (exact) mass is 734 g/mol. The van der Waals surface area contributed by atoms with Crippen molar-refractivity contribution in [3.63, 3.8) is 0 Å². The highest BCUT2D eigenvalue weighted by atomic mass is 32.2. The van der Waals surface area contributed by atoms with E-state index in [4.69, 9.17) is 16.2 Å². The van der Waals surface area contributed by atoms with Gasteiger partial charge in [0.15, 0.2) is 0 Å². The molecule has 1 amide bonds. The third kappa shape index (κ3) is 8.95. The molecule has 2 aromatic carbocycles. The zero-order valence-electron chi connectivity index (χ0n) is 31.8. The van der Waals surface area contributed by atoms with Crippen LogP contribution in [-0.2, 0) is 27.4 Å². The number of ketones is 1. The van der Waals surface area contributed by atoms with E-state index in [0.717, 1.165) is 67.5 Å². The van der Waals surface area contributed by atoms with Gasteiger partial charge in [0.2, 0.25) is 0 Å². The number of fused-ring (bicyclic) bond motifs is 1. The van der Waals surface area contributed by atoms with Crippen LogP contribution in [0.25, 0.3) is 0 Å². The summed E-state index contributed by atoms with van der Waals surface area (Å²) in [6.07, 6.45) is 6.70. The number of nitrogens with one attached hydrogen (secondary N) is 2. The number of ether oxygens (including phenoxy) is 1. The smallest absolute Gasteiger partial charge is 0.316 e. The van der Waals surface area contributed by atoms with E-state index in [9.17, 15) is 19.5 Å². The van der Waals surface area contributed by atoms with Gasteiger partial charge in [0.05, 0.1) is 11.9 Å². The number of hydrogen-bond donors (Lipinski definition) is 5. The van der Waals surface area contributed by atoms with Gasteiger partial charge in [-0.3, -0.25) is 14.4 Å². The standard InChI is InChI=1S/C42H62N4O5S/c1-28-21-34-35(47)17-18-42(34)26-41(28,4)36(22-40(3,38(49)29(42)2)27-45-20-8-6-5-7-19-43)51-37(48)25-52-33-15-13-32(14-16-33)39(50)46-24-31-11-9-30(23-44)10-12-31/h9-16,28-29,34,36,38,45,49H,5-8,17-27,43-44H2,1-4H3,(H,46,50)/t28-,29+,34-,36-,38+,40-,41+,42+/m1/s1. The van der Waals surface area contributed by atoms with E-state index >= 15 is 0 Å². The van der Waals surface area contributed by atoms with Crippen molar-refractivity contribution in [2.45, 2.75) is 116 Å². The molecule has 286 valence electrons. The van der Waals surface area contributed by atoms with Crippen LogP contribution in [0.1, 0.15) is 107 Å². The highest BCUT2D eigenvalue weighted by molar-refractivity contribution is 8.00. The van der Waals surface area contributed by atoms with Gasteiger partial charge in [0.25, 0.3) is 5.91 Å². The summed E-state index contributed by atoms with van der Waals surface area (Å²) in [5.74, 6) is 0.0887. The lowest BCUT2D eigenvalue weighted by Gasteiger charge is -2.61. The van der Waals surface area contributed by atoms with Crippen molar-refractivity contribution >= 4 is 29.4 Å². The van der Waals surface area contributed by atoms with Gasteiger partial charge in [-0.05, 0) is 104 Å². The van der Waals surface area contributed by atoms with Crippen LogP contribution in [0.2, 0.25) is 0 Å². The first-order valence-electron chi connectivity index (χ1n) is 19.4. The minimum atomic E-state index is -0.647. The molecule has 5 rings (SSSR count). The lowest BCUT2D eigenvalue weighted by Crippen LogP contribution is -2.62. The number of nitrogens with two attached hydrogens (primary N) is 2. The Morgan fingerprint density at radius 2 is 1.67 bits per heavy atom. The van der Waals surface area contributed by atoms with Gasteiger partial charge in [-0.1, -0.05) is 64.8 Å². The molecule has 1 spiro atoms. The summed E-state index contributed by atoms with van der Waals surface area (Å²) in [6.45, 7) is 11.9. The van der Waals surface area contributed by atoms with Gasteiger partial charge in [-0.15, -0.1) is 11.8 Å². The first-order chi connectivity index (χ1) is 24.8. The molecule has 7 N–H and O–H groups in total. The van der Waals surface area contributed by atoms with E-state index in [1.807, 2.05) is 36.4 Å². The molecule has 0 radical (unpaired) electrons. The van der Waals surface area contributed by atoms with Crippen molar-refractivity contribution < 1.29 is 24.2 Å². The lowest BCUT2D eigenvalue weighted by atomic mass is 9.45. The Balaban J connectivity index is 1.25. The summed E-state index contributed by atoms with van der Waals surface area (Å²) >= 11 is 1.39. The fourth-order valence-corrected chi connectivity index (χ4v) is 10.2. The summed E-state index contributed by atoms with van der Waals surface area (Å²) in [5.41, 5.74) is 12.8. The molecule has 3 saturated carbocycles. The summed E-state index contributed by atoms with van der Waals surface area (Å²) in [5, 5.41) is 18.8. The predicted octanol–water partition coefficient (Wildman–Crippen LogP) is 6.00. The van der Waals surface area contributed by atoms with Crippen LogP contribution < -0.4 is 22.1 Å². The molecule has 3 aliphatic carbocycles. The van der Waals surface area contributed by atoms with Crippen molar-refractivity contribution in [2.75, 3.05) is 25.4 Å². The van der Waals surface area contributed by atoms with Gasteiger partial charge in [-0.2, -0.15) is 0 Å². The number of unbranched alkanes of at least 4 members (excludes halogenated alkanes) is 3. The number of carbonyl (C=O) groups excluding carboxylic acids is 3. The van der Waals surface area contributed by atoms with Crippen LogP contribution in [0.15, 0.2) is 53.4 Å². The molecule has 3 aliphatic rings. The Kier molecular flexibility index (Phi) is 13.7. The first-order valence-corrected chi connectivity index (χ1v) is 20.4. The predicted molar refractivity (Wildman–Crippen MR) is 208 cm³/mol. The highest BCUT2D eigenvalue weighted by Crippen LogP contribution is 2.66. The Labute approximate surface area is 315 Å². The molecule has 9 nitrogen and oxygen atoms in total. The van der Waals surface area contributed by atoms with Gasteiger partial charge in [0.1, 0.15) is 11.9 Å². The number of amides is 1. The molecule has 0 aliphatic heterocycles. The number of carbonyl (C=O) groups is 3. The highest BCUT2D eigenvalue weighted by Gasteiger charge is 2.65. The number of aliphatic hydroxyl groups excluding tert-OH is 1. The molecule has 10 heteroatoms. The normalized spacial score (nSPS) is 31.4. The zero-order chi connectivity index (χ0) is 37.5. The van der Waals surface area contributed by atoms with Crippen LogP contribution >= 0.6 is 11.8 Å². The van der Waals surface area contributed by atoms with Crippen molar-refractivity contribution in [1.82, 2.24) is 10.6 Å². The second-order valence-corrected chi connectivity index (χ2v) is 17.6. The SMILES string of the molecule is C[C@@H]1C[C@@H]2C(=O)CC[C@@]23C[C@]1(C)[C@H](OC(=O)CSc1ccc(C(=O)NCc2ccc(CN)cc2)cc1)C[C@](C)(CNCCCCCCN)[C@@H](O)[C@@H]3C. The fourth-order valence-electron chi connectivity index (χ4n) is 9.53. The van der Waals surface area contributed by atoms with Gasteiger partial charge in [0, 0.05) is 53.3 Å². The van der Waals surface area contributed by atoms with Crippen LogP contribution in [0.5, 0.6) is 0 Å². The first kappa shape index (κ1) is 40.4. The number of benzene rings is 2. The van der Waals surface area contributed by atoms with Crippen molar-refractivity contribution in [3.8, 4) is 0 Å². The molecular formula is C42H62N4O5S. The van der Waals surface area contributed by atoms with E-state index in [0.29, 0.717) is 50.4 Å². The average molecular weight is 735 g/mol. The average Bonchev–Trinajstić information content (AvgIpc) is 3.46. The maximum Gasteiger partial charge on any atom is 0.316 e. The minimum Gasteiger partial charge on any atom is -0.461 e. The van der Waals surface area contributed by atoms with Crippen LogP contribution in [-0.4, -0.2) is 60.4 Å². The number of esters is 1. The Bertz CT molecular complexity index is 1520.